The number of hydrogen-bond acceptors (Lipinski definition) is 4. The molecule has 2 heterocycles. The maximum atomic E-state index is 13.5. The normalized spacial score (nSPS) is 14.5. The molecule has 0 aliphatic carbocycles. The van der Waals surface area contributed by atoms with Crippen LogP contribution in [0.15, 0.2) is 54.7 Å². The smallest absolute Gasteiger partial charge is 0.241 e. The second-order valence-corrected chi connectivity index (χ2v) is 7.83. The van der Waals surface area contributed by atoms with Crippen LogP contribution in [0.3, 0.4) is 0 Å². The van der Waals surface area contributed by atoms with Crippen molar-refractivity contribution in [3.63, 3.8) is 0 Å². The van der Waals surface area contributed by atoms with Gasteiger partial charge in [0.2, 0.25) is 5.91 Å². The lowest BCUT2D eigenvalue weighted by Gasteiger charge is -2.38. The Balaban J connectivity index is 1.89. The third-order valence-electron chi connectivity index (χ3n) is 5.27. The van der Waals surface area contributed by atoms with Gasteiger partial charge in [-0.15, -0.1) is 0 Å². The zero-order valence-electron chi connectivity index (χ0n) is 17.2. The molecule has 0 spiro atoms. The van der Waals surface area contributed by atoms with Crippen LogP contribution in [0.1, 0.15) is 25.2 Å². The monoisotopic (exact) mass is 405 g/mol. The molecule has 0 radical (unpaired) electrons. The topological polar surface area (TPSA) is 76.2 Å². The first-order valence-electron chi connectivity index (χ1n) is 9.74. The number of nitrogens with zero attached hydrogens (tertiary/aromatic N) is 3. The van der Waals surface area contributed by atoms with E-state index >= 15 is 0 Å². The highest BCUT2D eigenvalue weighted by Crippen LogP contribution is 2.39. The molecule has 154 valence electrons. The van der Waals surface area contributed by atoms with E-state index in [-0.39, 0.29) is 18.3 Å². The molecule has 1 aromatic heterocycles. The molecule has 7 heteroatoms. The molecule has 3 aromatic rings. The van der Waals surface area contributed by atoms with Crippen molar-refractivity contribution < 1.29 is 9.18 Å². The summed E-state index contributed by atoms with van der Waals surface area (Å²) in [5, 5.41) is 3.46. The summed E-state index contributed by atoms with van der Waals surface area (Å²) in [6.45, 7) is 5.78. The zero-order valence-corrected chi connectivity index (χ0v) is 17.2. The van der Waals surface area contributed by atoms with Crippen LogP contribution in [0, 0.1) is 12.7 Å². The van der Waals surface area contributed by atoms with Gasteiger partial charge in [-0.3, -0.25) is 9.36 Å². The van der Waals surface area contributed by atoms with Crippen LogP contribution in [-0.2, 0) is 10.3 Å². The summed E-state index contributed by atoms with van der Waals surface area (Å²) < 4.78 is 15.4. The first-order valence-corrected chi connectivity index (χ1v) is 9.74. The van der Waals surface area contributed by atoms with Gasteiger partial charge in [0.05, 0.1) is 6.54 Å². The lowest BCUT2D eigenvalue weighted by molar-refractivity contribution is -0.132. The fourth-order valence-corrected chi connectivity index (χ4v) is 3.72. The number of halogens is 1. The Bertz CT molecular complexity index is 1130. The minimum Gasteiger partial charge on any atom is -0.339 e. The predicted molar refractivity (Wildman–Crippen MR) is 116 cm³/mol. The second kappa shape index (κ2) is 7.42. The highest BCUT2D eigenvalue weighted by Gasteiger charge is 2.39. The molecule has 0 bridgehead atoms. The number of rotatable bonds is 4. The van der Waals surface area contributed by atoms with E-state index in [1.807, 2.05) is 49.6 Å². The van der Waals surface area contributed by atoms with Crippen LogP contribution in [0.4, 0.5) is 15.9 Å². The Kier molecular flexibility index (Phi) is 4.91. The molecule has 1 aliphatic rings. The van der Waals surface area contributed by atoms with E-state index in [0.29, 0.717) is 11.5 Å². The average Bonchev–Trinajstić information content (AvgIpc) is 3.08. The molecule has 0 unspecified atom stereocenters. The number of carbonyl (C=O) groups is 1. The fraction of sp³-hybridized carbons (Fsp3) is 0.217. The fourth-order valence-electron chi connectivity index (χ4n) is 3.72. The van der Waals surface area contributed by atoms with Crippen molar-refractivity contribution in [3.05, 3.63) is 71.9 Å². The van der Waals surface area contributed by atoms with Crippen LogP contribution in [-0.4, -0.2) is 26.9 Å². The quantitative estimate of drug-likeness (QED) is 0.682. The first kappa shape index (κ1) is 19.8. The van der Waals surface area contributed by atoms with Gasteiger partial charge in [0.1, 0.15) is 28.7 Å². The van der Waals surface area contributed by atoms with Crippen LogP contribution in [0.25, 0.3) is 17.5 Å². The van der Waals surface area contributed by atoms with E-state index in [4.69, 9.17) is 10.7 Å². The van der Waals surface area contributed by atoms with E-state index in [1.54, 1.807) is 29.4 Å². The van der Waals surface area contributed by atoms with Crippen LogP contribution in [0.5, 0.6) is 0 Å². The minimum absolute atomic E-state index is 0.0896. The summed E-state index contributed by atoms with van der Waals surface area (Å²) in [6, 6.07) is 14.2. The van der Waals surface area contributed by atoms with Crippen LogP contribution >= 0.6 is 0 Å². The molecular formula is C23H24FN5O. The van der Waals surface area contributed by atoms with E-state index in [0.717, 1.165) is 22.6 Å². The Hall–Kier alpha value is -3.45. The number of carbonyl (C=O) groups excluding carboxylic acids is 1. The van der Waals surface area contributed by atoms with Gasteiger partial charge in [-0.05, 0) is 62.7 Å². The number of anilines is 2. The number of nitrogens with two attached hydrogens (primary N) is 1. The summed E-state index contributed by atoms with van der Waals surface area (Å²) in [6.07, 6.45) is 3.52. The number of benzene rings is 2. The minimum atomic E-state index is -0.716. The van der Waals surface area contributed by atoms with Gasteiger partial charge in [0, 0.05) is 23.7 Å². The van der Waals surface area contributed by atoms with Gasteiger partial charge in [-0.25, -0.2) is 9.37 Å². The van der Waals surface area contributed by atoms with Gasteiger partial charge in [-0.2, -0.15) is 0 Å². The maximum absolute atomic E-state index is 13.5. The molecule has 3 N–H and O–H groups in total. The average molecular weight is 405 g/mol. The van der Waals surface area contributed by atoms with Crippen molar-refractivity contribution in [1.29, 1.82) is 0 Å². The van der Waals surface area contributed by atoms with Crippen molar-refractivity contribution in [2.24, 2.45) is 5.73 Å². The molecule has 2 aromatic carbocycles. The Morgan fingerprint density at radius 3 is 2.57 bits per heavy atom. The van der Waals surface area contributed by atoms with Crippen molar-refractivity contribution in [1.82, 2.24) is 14.5 Å². The number of imidazole rings is 1. The Morgan fingerprint density at radius 2 is 1.90 bits per heavy atom. The van der Waals surface area contributed by atoms with Crippen molar-refractivity contribution in [2.75, 3.05) is 11.9 Å². The van der Waals surface area contributed by atoms with E-state index in [9.17, 15) is 9.18 Å². The van der Waals surface area contributed by atoms with Crippen molar-refractivity contribution in [3.8, 4) is 11.3 Å². The third-order valence-corrected chi connectivity index (χ3v) is 5.27. The van der Waals surface area contributed by atoms with Gasteiger partial charge < -0.3 is 16.0 Å². The zero-order chi connectivity index (χ0) is 21.5. The van der Waals surface area contributed by atoms with E-state index in [2.05, 4.69) is 5.32 Å². The van der Waals surface area contributed by atoms with Gasteiger partial charge >= 0.3 is 0 Å². The summed E-state index contributed by atoms with van der Waals surface area (Å²) in [5.74, 6) is 0.922. The maximum Gasteiger partial charge on any atom is 0.241 e. The molecule has 0 atom stereocenters. The lowest BCUT2D eigenvalue weighted by atomic mass is 10.0. The van der Waals surface area contributed by atoms with Crippen LogP contribution in [0.2, 0.25) is 0 Å². The molecule has 4 rings (SSSR count). The SMILES string of the molecule is Cc1cccc(Nc2c(-c3ccc(F)cc3)nc3n2C=CN(C(=O)CN)C3(C)C)c1. The highest BCUT2D eigenvalue weighted by molar-refractivity contribution is 5.83. The second-order valence-electron chi connectivity index (χ2n) is 7.83. The number of amides is 1. The summed E-state index contributed by atoms with van der Waals surface area (Å²) in [4.78, 5) is 18.9. The number of fused-ring (bicyclic) bond motifs is 1. The number of aryl methyl sites for hydroxylation is 1. The molecule has 1 amide bonds. The molecule has 0 saturated heterocycles. The summed E-state index contributed by atoms with van der Waals surface area (Å²) in [7, 11) is 0. The lowest BCUT2D eigenvalue weighted by Crippen LogP contribution is -2.47. The van der Waals surface area contributed by atoms with Gasteiger partial charge in [-0.1, -0.05) is 12.1 Å². The molecule has 6 nitrogen and oxygen atoms in total. The van der Waals surface area contributed by atoms with Crippen molar-refractivity contribution >= 4 is 23.6 Å². The van der Waals surface area contributed by atoms with E-state index < -0.39 is 5.54 Å². The highest BCUT2D eigenvalue weighted by atomic mass is 19.1. The molecular weight excluding hydrogens is 381 g/mol. The summed E-state index contributed by atoms with van der Waals surface area (Å²) >= 11 is 0. The number of hydrogen-bond donors (Lipinski definition) is 2. The standard InChI is InChI=1S/C23H24FN5O/c1-15-5-4-6-18(13-15)26-21-20(16-7-9-17(24)10-8-16)27-22-23(2,3)29(19(30)14-25)12-11-28(21)22/h4-13,26H,14,25H2,1-3H3. The molecule has 0 fully saturated rings. The largest absolute Gasteiger partial charge is 0.339 e. The first-order chi connectivity index (χ1) is 14.3. The number of nitrogens with one attached hydrogen (secondary N) is 1. The molecule has 1 aliphatic heterocycles. The summed E-state index contributed by atoms with van der Waals surface area (Å²) in [5.41, 5.74) is 8.36. The van der Waals surface area contributed by atoms with Gasteiger partial charge in [0.25, 0.3) is 0 Å². The third kappa shape index (κ3) is 3.37. The predicted octanol–water partition coefficient (Wildman–Crippen LogP) is 4.21. The van der Waals surface area contributed by atoms with Crippen molar-refractivity contribution in [2.45, 2.75) is 26.3 Å². The van der Waals surface area contributed by atoms with Crippen LogP contribution < -0.4 is 11.1 Å². The Labute approximate surface area is 174 Å². The van der Waals surface area contributed by atoms with E-state index in [1.165, 1.54) is 12.1 Å². The van der Waals surface area contributed by atoms with Gasteiger partial charge in [0.15, 0.2) is 0 Å². The Morgan fingerprint density at radius 1 is 1.17 bits per heavy atom. The molecule has 0 saturated carbocycles. The molecule has 30 heavy (non-hydrogen) atoms. The number of aromatic nitrogens is 2.